The van der Waals surface area contributed by atoms with Crippen LogP contribution in [-0.4, -0.2) is 35.1 Å². The fraction of sp³-hybridized carbons (Fsp3) is 0.389. The minimum absolute atomic E-state index is 0.0732. The third-order valence-corrected chi connectivity index (χ3v) is 4.16. The Morgan fingerprint density at radius 2 is 2.00 bits per heavy atom. The fourth-order valence-corrected chi connectivity index (χ4v) is 2.86. The van der Waals surface area contributed by atoms with Crippen LogP contribution in [0.1, 0.15) is 17.5 Å². The molecule has 1 N–H and O–H groups in total. The second-order valence-corrected chi connectivity index (χ2v) is 5.89. The number of rotatable bonds is 6. The van der Waals surface area contributed by atoms with Crippen molar-refractivity contribution >= 4 is 5.91 Å². The van der Waals surface area contributed by atoms with Crippen LogP contribution in [0.4, 0.5) is 0 Å². The highest BCUT2D eigenvalue weighted by atomic mass is 16.5. The molecule has 5 heteroatoms. The van der Waals surface area contributed by atoms with E-state index in [-0.39, 0.29) is 11.9 Å². The number of aromatic nitrogens is 2. The number of pyridine rings is 2. The summed E-state index contributed by atoms with van der Waals surface area (Å²) in [6.45, 7) is 1.28. The molecule has 2 aromatic rings. The summed E-state index contributed by atoms with van der Waals surface area (Å²) >= 11 is 0. The summed E-state index contributed by atoms with van der Waals surface area (Å²) in [6, 6.07) is 8.00. The van der Waals surface area contributed by atoms with Crippen molar-refractivity contribution in [2.45, 2.75) is 25.3 Å². The topological polar surface area (TPSA) is 64.1 Å². The lowest BCUT2D eigenvalue weighted by Gasteiger charge is -2.19. The van der Waals surface area contributed by atoms with Gasteiger partial charge in [0.2, 0.25) is 5.91 Å². The minimum Gasteiger partial charge on any atom is -0.379 e. The van der Waals surface area contributed by atoms with E-state index in [2.05, 4.69) is 15.3 Å². The summed E-state index contributed by atoms with van der Waals surface area (Å²) in [5.41, 5.74) is 2.31. The van der Waals surface area contributed by atoms with Crippen molar-refractivity contribution in [2.75, 3.05) is 13.2 Å². The molecule has 0 aliphatic carbocycles. The molecule has 1 fully saturated rings. The predicted octanol–water partition coefficient (Wildman–Crippen LogP) is 1.78. The van der Waals surface area contributed by atoms with Crippen molar-refractivity contribution in [3.05, 3.63) is 60.2 Å². The number of carbonyl (C=O) groups excluding carboxylic acids is 1. The molecule has 1 aliphatic heterocycles. The van der Waals surface area contributed by atoms with Crippen molar-refractivity contribution in [3.8, 4) is 0 Å². The Hall–Kier alpha value is -2.27. The van der Waals surface area contributed by atoms with Crippen LogP contribution in [0.5, 0.6) is 0 Å². The highest BCUT2D eigenvalue weighted by Gasteiger charge is 2.29. The van der Waals surface area contributed by atoms with E-state index >= 15 is 0 Å². The zero-order valence-electron chi connectivity index (χ0n) is 13.0. The first-order valence-corrected chi connectivity index (χ1v) is 7.96. The summed E-state index contributed by atoms with van der Waals surface area (Å²) in [4.78, 5) is 20.3. The van der Waals surface area contributed by atoms with E-state index in [1.807, 2.05) is 24.3 Å². The molecule has 0 aromatic carbocycles. The van der Waals surface area contributed by atoms with E-state index in [0.29, 0.717) is 32.0 Å². The summed E-state index contributed by atoms with van der Waals surface area (Å²) in [7, 11) is 0. The van der Waals surface area contributed by atoms with Gasteiger partial charge >= 0.3 is 0 Å². The van der Waals surface area contributed by atoms with Gasteiger partial charge in [0, 0.05) is 37.1 Å². The molecular formula is C18H21N3O2. The maximum absolute atomic E-state index is 12.2. The largest absolute Gasteiger partial charge is 0.379 e. The molecule has 1 amide bonds. The van der Waals surface area contributed by atoms with Gasteiger partial charge in [0.25, 0.3) is 0 Å². The van der Waals surface area contributed by atoms with Crippen molar-refractivity contribution in [1.29, 1.82) is 0 Å². The molecule has 0 bridgehead atoms. The number of carbonyl (C=O) groups is 1. The maximum atomic E-state index is 12.2. The molecule has 5 nitrogen and oxygen atoms in total. The van der Waals surface area contributed by atoms with Gasteiger partial charge in [-0.2, -0.15) is 0 Å². The van der Waals surface area contributed by atoms with Crippen LogP contribution in [0.2, 0.25) is 0 Å². The van der Waals surface area contributed by atoms with E-state index < -0.39 is 0 Å². The van der Waals surface area contributed by atoms with Crippen LogP contribution in [0.3, 0.4) is 0 Å². The van der Waals surface area contributed by atoms with E-state index in [1.165, 1.54) is 5.56 Å². The minimum atomic E-state index is 0.0732. The van der Waals surface area contributed by atoms with Gasteiger partial charge in [-0.25, -0.2) is 0 Å². The molecule has 0 unspecified atom stereocenters. The van der Waals surface area contributed by atoms with Crippen LogP contribution in [0.25, 0.3) is 0 Å². The van der Waals surface area contributed by atoms with Crippen molar-refractivity contribution < 1.29 is 9.53 Å². The lowest BCUT2D eigenvalue weighted by atomic mass is 9.95. The summed E-state index contributed by atoms with van der Waals surface area (Å²) in [6.07, 6.45) is 9.23. The van der Waals surface area contributed by atoms with Gasteiger partial charge in [0.15, 0.2) is 0 Å². The van der Waals surface area contributed by atoms with Gasteiger partial charge in [0.1, 0.15) is 0 Å². The standard InChI is InChI=1S/C18H21N3O2/c22-18(4-3-15-2-1-7-20-11-15)21-17-13-23-12-16(17)10-14-5-8-19-9-6-14/h1-2,5-9,11,16-17H,3-4,10,12-13H2,(H,21,22)/t16-,17+/m1/s1. The Morgan fingerprint density at radius 3 is 2.78 bits per heavy atom. The SMILES string of the molecule is O=C(CCc1cccnc1)N[C@H]1COC[C@H]1Cc1ccncc1. The average molecular weight is 311 g/mol. The van der Waals surface area contributed by atoms with Crippen LogP contribution in [0, 0.1) is 5.92 Å². The van der Waals surface area contributed by atoms with Gasteiger partial charge in [0.05, 0.1) is 19.3 Å². The molecule has 1 aliphatic rings. The number of nitrogens with one attached hydrogen (secondary N) is 1. The summed E-state index contributed by atoms with van der Waals surface area (Å²) in [5.74, 6) is 0.392. The van der Waals surface area contributed by atoms with Gasteiger partial charge in [-0.15, -0.1) is 0 Å². The maximum Gasteiger partial charge on any atom is 0.220 e. The monoisotopic (exact) mass is 311 g/mol. The molecule has 120 valence electrons. The average Bonchev–Trinajstić information content (AvgIpc) is 3.02. The lowest BCUT2D eigenvalue weighted by Crippen LogP contribution is -2.40. The number of aryl methyl sites for hydroxylation is 1. The lowest BCUT2D eigenvalue weighted by molar-refractivity contribution is -0.122. The van der Waals surface area contributed by atoms with Crippen molar-refractivity contribution in [1.82, 2.24) is 15.3 Å². The molecule has 0 radical (unpaired) electrons. The van der Waals surface area contributed by atoms with Crippen LogP contribution >= 0.6 is 0 Å². The second kappa shape index (κ2) is 7.83. The molecule has 0 saturated carbocycles. The molecular weight excluding hydrogens is 290 g/mol. The van der Waals surface area contributed by atoms with Crippen LogP contribution in [0.15, 0.2) is 49.1 Å². The first-order chi connectivity index (χ1) is 11.3. The molecule has 3 rings (SSSR count). The Morgan fingerprint density at radius 1 is 1.13 bits per heavy atom. The summed E-state index contributed by atoms with van der Waals surface area (Å²) < 4.78 is 5.57. The molecule has 23 heavy (non-hydrogen) atoms. The van der Waals surface area contributed by atoms with E-state index in [0.717, 1.165) is 12.0 Å². The normalized spacial score (nSPS) is 20.3. The number of amides is 1. The third-order valence-electron chi connectivity index (χ3n) is 4.16. The molecule has 1 saturated heterocycles. The Kier molecular flexibility index (Phi) is 5.32. The molecule has 0 spiro atoms. The first-order valence-electron chi connectivity index (χ1n) is 7.96. The smallest absolute Gasteiger partial charge is 0.220 e. The third kappa shape index (κ3) is 4.60. The number of nitrogens with zero attached hydrogens (tertiary/aromatic N) is 2. The highest BCUT2D eigenvalue weighted by Crippen LogP contribution is 2.19. The fourth-order valence-electron chi connectivity index (χ4n) is 2.86. The second-order valence-electron chi connectivity index (χ2n) is 5.89. The zero-order chi connectivity index (χ0) is 15.9. The highest BCUT2D eigenvalue weighted by molar-refractivity contribution is 5.76. The van der Waals surface area contributed by atoms with Crippen LogP contribution in [-0.2, 0) is 22.4 Å². The van der Waals surface area contributed by atoms with Crippen molar-refractivity contribution in [2.24, 2.45) is 5.92 Å². The number of ether oxygens (including phenoxy) is 1. The molecule has 3 heterocycles. The first kappa shape index (κ1) is 15.6. The van der Waals surface area contributed by atoms with Gasteiger partial charge in [-0.05, 0) is 42.2 Å². The molecule has 2 aromatic heterocycles. The summed E-state index contributed by atoms with van der Waals surface area (Å²) in [5, 5.41) is 3.12. The Labute approximate surface area is 136 Å². The van der Waals surface area contributed by atoms with Crippen LogP contribution < -0.4 is 5.32 Å². The van der Waals surface area contributed by atoms with E-state index in [9.17, 15) is 4.79 Å². The van der Waals surface area contributed by atoms with Gasteiger partial charge < -0.3 is 10.1 Å². The van der Waals surface area contributed by atoms with E-state index in [1.54, 1.807) is 24.8 Å². The predicted molar refractivity (Wildman–Crippen MR) is 86.7 cm³/mol. The number of hydrogen-bond donors (Lipinski definition) is 1. The molecule has 2 atom stereocenters. The van der Waals surface area contributed by atoms with Crippen molar-refractivity contribution in [3.63, 3.8) is 0 Å². The zero-order valence-corrected chi connectivity index (χ0v) is 13.0. The Balaban J connectivity index is 1.49. The number of hydrogen-bond acceptors (Lipinski definition) is 4. The van der Waals surface area contributed by atoms with Gasteiger partial charge in [-0.1, -0.05) is 6.07 Å². The van der Waals surface area contributed by atoms with Gasteiger partial charge in [-0.3, -0.25) is 14.8 Å². The quantitative estimate of drug-likeness (QED) is 0.883. The van der Waals surface area contributed by atoms with E-state index in [4.69, 9.17) is 4.74 Å². The Bertz CT molecular complexity index is 619.